The maximum atomic E-state index is 12.6. The van der Waals surface area contributed by atoms with Crippen LogP contribution in [0.4, 0.5) is 5.00 Å². The Balaban J connectivity index is 1.80. The maximum Gasteiger partial charge on any atom is 0.341 e. The van der Waals surface area contributed by atoms with Gasteiger partial charge in [-0.25, -0.2) is 4.79 Å². The van der Waals surface area contributed by atoms with Gasteiger partial charge in [0, 0.05) is 4.88 Å². The summed E-state index contributed by atoms with van der Waals surface area (Å²) in [4.78, 5) is 13.9. The topological polar surface area (TPSA) is 50.4 Å². The van der Waals surface area contributed by atoms with Crippen molar-refractivity contribution in [3.63, 3.8) is 0 Å². The number of hydrogen-bond acceptors (Lipinski definition) is 4. The molecule has 0 bridgehead atoms. The van der Waals surface area contributed by atoms with Gasteiger partial charge in [-0.15, -0.1) is 11.3 Å². The van der Waals surface area contributed by atoms with Crippen LogP contribution in [0.2, 0.25) is 0 Å². The Labute approximate surface area is 183 Å². The first-order valence-electron chi connectivity index (χ1n) is 10.4. The zero-order valence-electron chi connectivity index (χ0n) is 17.5. The molecule has 3 rings (SSSR count). The van der Waals surface area contributed by atoms with E-state index in [1.807, 2.05) is 0 Å². The third kappa shape index (κ3) is 5.37. The second-order valence-electron chi connectivity index (χ2n) is 7.58. The lowest BCUT2D eigenvalue weighted by Crippen LogP contribution is -2.32. The Morgan fingerprint density at radius 2 is 1.86 bits per heavy atom. The van der Waals surface area contributed by atoms with Crippen LogP contribution in [0.5, 0.6) is 0 Å². The second kappa shape index (κ2) is 10.2. The van der Waals surface area contributed by atoms with Crippen LogP contribution in [-0.4, -0.2) is 18.2 Å². The van der Waals surface area contributed by atoms with E-state index in [2.05, 4.69) is 48.7 Å². The Hall–Kier alpha value is -1.92. The Kier molecular flexibility index (Phi) is 7.67. The number of carbonyl (C=O) groups excluding carboxylic acids is 1. The Morgan fingerprint density at radius 3 is 2.52 bits per heavy atom. The molecule has 0 saturated carbocycles. The molecule has 1 heterocycles. The summed E-state index contributed by atoms with van der Waals surface area (Å²) in [6.07, 6.45) is 7.61. The van der Waals surface area contributed by atoms with Gasteiger partial charge in [0.05, 0.1) is 18.7 Å². The zero-order chi connectivity index (χ0) is 20.8. The first kappa shape index (κ1) is 21.8. The van der Waals surface area contributed by atoms with Crippen LogP contribution in [-0.2, 0) is 17.6 Å². The van der Waals surface area contributed by atoms with E-state index in [-0.39, 0.29) is 12.0 Å². The van der Waals surface area contributed by atoms with E-state index in [0.717, 1.165) is 36.2 Å². The summed E-state index contributed by atoms with van der Waals surface area (Å²) in [5.41, 5.74) is 4.26. The number of carbonyl (C=O) groups is 1. The van der Waals surface area contributed by atoms with E-state index in [1.54, 1.807) is 11.3 Å². The van der Waals surface area contributed by atoms with Gasteiger partial charge in [0.1, 0.15) is 5.00 Å². The highest BCUT2D eigenvalue weighted by Gasteiger charge is 2.25. The largest absolute Gasteiger partial charge is 0.465 e. The van der Waals surface area contributed by atoms with Crippen LogP contribution in [0.15, 0.2) is 24.3 Å². The number of ether oxygens (including phenoxy) is 1. The van der Waals surface area contributed by atoms with Crippen LogP contribution in [0, 0.1) is 6.92 Å². The van der Waals surface area contributed by atoms with E-state index in [9.17, 15) is 4.79 Å². The predicted octanol–water partition coefficient (Wildman–Crippen LogP) is 5.94. The molecule has 1 unspecified atom stereocenters. The van der Waals surface area contributed by atoms with Crippen LogP contribution in [0.3, 0.4) is 0 Å². The molecular weight excluding hydrogens is 400 g/mol. The number of thiocarbonyl (C=S) groups is 1. The summed E-state index contributed by atoms with van der Waals surface area (Å²) in [6, 6.07) is 8.62. The van der Waals surface area contributed by atoms with Crippen molar-refractivity contribution in [2.75, 3.05) is 12.4 Å². The van der Waals surface area contributed by atoms with Crippen molar-refractivity contribution in [2.24, 2.45) is 0 Å². The van der Waals surface area contributed by atoms with E-state index in [4.69, 9.17) is 17.0 Å². The average molecular weight is 431 g/mol. The molecule has 0 amide bonds. The number of anilines is 1. The summed E-state index contributed by atoms with van der Waals surface area (Å²) in [5.74, 6) is -0.279. The van der Waals surface area contributed by atoms with Crippen molar-refractivity contribution in [3.8, 4) is 0 Å². The molecule has 2 N–H and O–H groups in total. The molecule has 1 aliphatic carbocycles. The minimum Gasteiger partial charge on any atom is -0.465 e. The number of nitrogens with one attached hydrogen (secondary N) is 2. The highest BCUT2D eigenvalue weighted by Crippen LogP contribution is 2.37. The normalized spacial score (nSPS) is 14.9. The van der Waals surface area contributed by atoms with Gasteiger partial charge in [0.2, 0.25) is 0 Å². The van der Waals surface area contributed by atoms with E-state index in [0.29, 0.717) is 10.7 Å². The SMILES string of the molecule is CCC(NC(=S)Nc1sc2c(c1C(=O)OC)CCCCCC2)c1ccc(C)cc1. The summed E-state index contributed by atoms with van der Waals surface area (Å²) in [5, 5.41) is 8.07. The number of hydrogen-bond donors (Lipinski definition) is 2. The second-order valence-corrected chi connectivity index (χ2v) is 9.10. The van der Waals surface area contributed by atoms with Crippen molar-refractivity contribution in [1.29, 1.82) is 0 Å². The zero-order valence-corrected chi connectivity index (χ0v) is 19.1. The molecule has 6 heteroatoms. The number of rotatable bonds is 5. The third-order valence-corrected chi connectivity index (χ3v) is 6.91. The number of methoxy groups -OCH3 is 1. The fraction of sp³-hybridized carbons (Fsp3) is 0.478. The predicted molar refractivity (Wildman–Crippen MR) is 125 cm³/mol. The minimum absolute atomic E-state index is 0.123. The fourth-order valence-electron chi connectivity index (χ4n) is 3.84. The van der Waals surface area contributed by atoms with Gasteiger partial charge >= 0.3 is 5.97 Å². The van der Waals surface area contributed by atoms with E-state index < -0.39 is 0 Å². The molecule has 1 aliphatic rings. The van der Waals surface area contributed by atoms with Crippen molar-refractivity contribution < 1.29 is 9.53 Å². The summed E-state index contributed by atoms with van der Waals surface area (Å²) >= 11 is 7.26. The molecule has 29 heavy (non-hydrogen) atoms. The highest BCUT2D eigenvalue weighted by molar-refractivity contribution is 7.80. The van der Waals surface area contributed by atoms with Gasteiger partial charge < -0.3 is 15.4 Å². The molecule has 156 valence electrons. The maximum absolute atomic E-state index is 12.6. The van der Waals surface area contributed by atoms with Gasteiger partial charge in [-0.05, 0) is 62.4 Å². The highest BCUT2D eigenvalue weighted by atomic mass is 32.1. The van der Waals surface area contributed by atoms with Gasteiger partial charge in [-0.1, -0.05) is 49.6 Å². The molecule has 0 fully saturated rings. The van der Waals surface area contributed by atoms with Crippen LogP contribution >= 0.6 is 23.6 Å². The van der Waals surface area contributed by atoms with Crippen LogP contribution in [0.25, 0.3) is 0 Å². The van der Waals surface area contributed by atoms with Crippen molar-refractivity contribution in [3.05, 3.63) is 51.4 Å². The minimum atomic E-state index is -0.279. The molecule has 2 aromatic rings. The summed E-state index contributed by atoms with van der Waals surface area (Å²) in [6.45, 7) is 4.22. The standard InChI is InChI=1S/C23H30N2O2S2/c1-4-18(16-13-11-15(2)12-14-16)24-23(28)25-21-20(22(26)27-3)17-9-7-5-6-8-10-19(17)29-21/h11-14,18H,4-10H2,1-3H3,(H2,24,25,28). The number of thiophene rings is 1. The molecule has 0 saturated heterocycles. The molecule has 4 nitrogen and oxygen atoms in total. The smallest absolute Gasteiger partial charge is 0.341 e. The molecule has 1 aromatic heterocycles. The van der Waals surface area contributed by atoms with Crippen molar-refractivity contribution >= 4 is 39.6 Å². The molecular formula is C23H30N2O2S2. The van der Waals surface area contributed by atoms with Gasteiger partial charge in [0.15, 0.2) is 5.11 Å². The first-order valence-corrected chi connectivity index (χ1v) is 11.6. The number of esters is 1. The number of fused-ring (bicyclic) bond motifs is 1. The molecule has 0 aliphatic heterocycles. The van der Waals surface area contributed by atoms with Crippen LogP contribution in [0.1, 0.15) is 77.0 Å². The Morgan fingerprint density at radius 1 is 1.17 bits per heavy atom. The van der Waals surface area contributed by atoms with E-state index in [1.165, 1.54) is 42.4 Å². The first-order chi connectivity index (χ1) is 14.0. The molecule has 1 aromatic carbocycles. The summed E-state index contributed by atoms with van der Waals surface area (Å²) in [7, 11) is 1.44. The Bertz CT molecular complexity index is 859. The van der Waals surface area contributed by atoms with Crippen LogP contribution < -0.4 is 10.6 Å². The quantitative estimate of drug-likeness (QED) is 0.454. The lowest BCUT2D eigenvalue weighted by molar-refractivity contribution is 0.0601. The van der Waals surface area contributed by atoms with Gasteiger partial charge in [-0.3, -0.25) is 0 Å². The number of benzene rings is 1. The van der Waals surface area contributed by atoms with Gasteiger partial charge in [0.25, 0.3) is 0 Å². The lowest BCUT2D eigenvalue weighted by atomic mass is 9.96. The lowest BCUT2D eigenvalue weighted by Gasteiger charge is -2.20. The molecule has 0 radical (unpaired) electrons. The summed E-state index contributed by atoms with van der Waals surface area (Å²) < 4.78 is 5.10. The third-order valence-electron chi connectivity index (χ3n) is 5.48. The number of aryl methyl sites for hydroxylation is 2. The van der Waals surface area contributed by atoms with E-state index >= 15 is 0 Å². The fourth-order valence-corrected chi connectivity index (χ4v) is 5.43. The van der Waals surface area contributed by atoms with Gasteiger partial charge in [-0.2, -0.15) is 0 Å². The molecule has 0 spiro atoms. The van der Waals surface area contributed by atoms with Crippen molar-refractivity contribution in [1.82, 2.24) is 5.32 Å². The average Bonchev–Trinajstić information content (AvgIpc) is 3.02. The van der Waals surface area contributed by atoms with Crippen molar-refractivity contribution in [2.45, 2.75) is 64.8 Å². The monoisotopic (exact) mass is 430 g/mol. The molecule has 1 atom stereocenters.